The average molecular weight is 561 g/mol. The molecule has 0 atom stereocenters. The highest BCUT2D eigenvalue weighted by Gasteiger charge is 2.26. The van der Waals surface area contributed by atoms with Crippen LogP contribution in [0.5, 0.6) is 0 Å². The SMILES string of the molecule is O=C(c1ccc(Nc2nc3c(-c4ccc(C(=O)N5CCS(=O)(=O)CC5)cc4)cccn3n2)cc1)N1CCOCC1. The summed E-state index contributed by atoms with van der Waals surface area (Å²) in [6.45, 7) is 2.73. The van der Waals surface area contributed by atoms with E-state index >= 15 is 0 Å². The molecule has 6 rings (SSSR count). The van der Waals surface area contributed by atoms with Gasteiger partial charge in [-0.2, -0.15) is 4.98 Å². The Hall–Kier alpha value is -4.29. The number of morpholine rings is 1. The molecule has 0 spiro atoms. The van der Waals surface area contributed by atoms with E-state index in [-0.39, 0.29) is 36.4 Å². The number of hydrogen-bond donors (Lipinski definition) is 1. The quantitative estimate of drug-likeness (QED) is 0.395. The predicted molar refractivity (Wildman–Crippen MR) is 149 cm³/mol. The van der Waals surface area contributed by atoms with E-state index in [1.165, 1.54) is 0 Å². The van der Waals surface area contributed by atoms with Crippen molar-refractivity contribution >= 4 is 38.9 Å². The normalized spacial score (nSPS) is 17.1. The van der Waals surface area contributed by atoms with Crippen LogP contribution in [0.3, 0.4) is 0 Å². The van der Waals surface area contributed by atoms with Crippen LogP contribution in [0.4, 0.5) is 11.6 Å². The molecular formula is C28H28N6O5S. The van der Waals surface area contributed by atoms with Crippen LogP contribution >= 0.6 is 0 Å². The molecule has 2 aliphatic rings. The molecule has 4 aromatic rings. The first-order chi connectivity index (χ1) is 19.4. The van der Waals surface area contributed by atoms with Crippen LogP contribution in [0.1, 0.15) is 20.7 Å². The molecule has 2 aliphatic heterocycles. The minimum absolute atomic E-state index is 0.00121. The predicted octanol–water partition coefficient (Wildman–Crippen LogP) is 2.48. The first-order valence-corrected chi connectivity index (χ1v) is 14.9. The summed E-state index contributed by atoms with van der Waals surface area (Å²) < 4.78 is 30.4. The highest BCUT2D eigenvalue weighted by atomic mass is 32.2. The van der Waals surface area contributed by atoms with Gasteiger partial charge in [0.1, 0.15) is 0 Å². The van der Waals surface area contributed by atoms with Crippen molar-refractivity contribution in [2.75, 3.05) is 56.2 Å². The lowest BCUT2D eigenvalue weighted by Crippen LogP contribution is -2.43. The number of carbonyl (C=O) groups excluding carboxylic acids is 2. The standard InChI is InChI=1S/C28H28N6O5S/c35-26(32-12-16-39-17-13-32)22-7-9-23(10-8-22)29-28-30-25-24(2-1-11-34(25)31-28)20-3-5-21(6-4-20)27(36)33-14-18-40(37,38)19-15-33/h1-11H,12-19H2,(H,29,31). The minimum atomic E-state index is -3.06. The maximum Gasteiger partial charge on any atom is 0.254 e. The summed E-state index contributed by atoms with van der Waals surface area (Å²) in [7, 11) is -3.06. The lowest BCUT2D eigenvalue weighted by atomic mass is 10.0. The van der Waals surface area contributed by atoms with Crippen LogP contribution in [-0.2, 0) is 14.6 Å². The molecule has 4 heterocycles. The number of carbonyl (C=O) groups is 2. The maximum atomic E-state index is 12.9. The molecule has 2 saturated heterocycles. The van der Waals surface area contributed by atoms with Crippen molar-refractivity contribution in [2.24, 2.45) is 0 Å². The zero-order chi connectivity index (χ0) is 27.7. The Kier molecular flexibility index (Phi) is 6.95. The van der Waals surface area contributed by atoms with E-state index < -0.39 is 9.84 Å². The highest BCUT2D eigenvalue weighted by Crippen LogP contribution is 2.26. The van der Waals surface area contributed by atoms with Crippen molar-refractivity contribution in [1.82, 2.24) is 24.4 Å². The van der Waals surface area contributed by atoms with Gasteiger partial charge in [-0.05, 0) is 54.1 Å². The van der Waals surface area contributed by atoms with Gasteiger partial charge in [0.15, 0.2) is 15.5 Å². The van der Waals surface area contributed by atoms with Crippen molar-refractivity contribution in [1.29, 1.82) is 0 Å². The maximum absolute atomic E-state index is 12.9. The van der Waals surface area contributed by atoms with Crippen molar-refractivity contribution in [3.05, 3.63) is 78.0 Å². The van der Waals surface area contributed by atoms with Crippen LogP contribution in [0.25, 0.3) is 16.8 Å². The van der Waals surface area contributed by atoms with E-state index in [1.54, 1.807) is 38.6 Å². The summed E-state index contributed by atoms with van der Waals surface area (Å²) in [6.07, 6.45) is 1.81. The molecule has 11 nitrogen and oxygen atoms in total. The van der Waals surface area contributed by atoms with Gasteiger partial charge >= 0.3 is 0 Å². The second-order valence-corrected chi connectivity index (χ2v) is 12.1. The molecule has 206 valence electrons. The Morgan fingerprint density at radius 2 is 1.40 bits per heavy atom. The number of ether oxygens (including phenoxy) is 1. The summed E-state index contributed by atoms with van der Waals surface area (Å²) in [5.41, 5.74) is 4.24. The molecule has 2 aromatic heterocycles. The van der Waals surface area contributed by atoms with Gasteiger partial charge in [-0.3, -0.25) is 9.59 Å². The van der Waals surface area contributed by atoms with Crippen molar-refractivity contribution < 1.29 is 22.7 Å². The molecule has 12 heteroatoms. The van der Waals surface area contributed by atoms with Gasteiger partial charge < -0.3 is 19.9 Å². The molecule has 2 aromatic carbocycles. The fraction of sp³-hybridized carbons (Fsp3) is 0.286. The van der Waals surface area contributed by atoms with Crippen LogP contribution in [-0.4, -0.2) is 95.5 Å². The molecule has 0 saturated carbocycles. The number of nitrogens with zero attached hydrogens (tertiary/aromatic N) is 5. The van der Waals surface area contributed by atoms with Gasteiger partial charge in [0.25, 0.3) is 11.8 Å². The van der Waals surface area contributed by atoms with Gasteiger partial charge in [0.05, 0.1) is 24.7 Å². The number of hydrogen-bond acceptors (Lipinski definition) is 8. The summed E-state index contributed by atoms with van der Waals surface area (Å²) in [6, 6.07) is 18.2. The number of pyridine rings is 1. The van der Waals surface area contributed by atoms with Gasteiger partial charge in [0.2, 0.25) is 5.95 Å². The second-order valence-electron chi connectivity index (χ2n) is 9.75. The molecule has 0 bridgehead atoms. The third-order valence-corrected chi connectivity index (χ3v) is 8.73. The van der Waals surface area contributed by atoms with Crippen LogP contribution in [0.15, 0.2) is 66.9 Å². The fourth-order valence-electron chi connectivity index (χ4n) is 4.85. The minimum Gasteiger partial charge on any atom is -0.378 e. The Balaban J connectivity index is 1.17. The molecule has 0 radical (unpaired) electrons. The molecule has 0 aliphatic carbocycles. The van der Waals surface area contributed by atoms with Crippen LogP contribution in [0.2, 0.25) is 0 Å². The Labute approximate surface area is 231 Å². The van der Waals surface area contributed by atoms with Gasteiger partial charge in [-0.25, -0.2) is 12.9 Å². The van der Waals surface area contributed by atoms with E-state index in [0.29, 0.717) is 49.0 Å². The Bertz CT molecular complexity index is 1650. The lowest BCUT2D eigenvalue weighted by molar-refractivity contribution is 0.0303. The third-order valence-electron chi connectivity index (χ3n) is 7.12. The molecule has 1 N–H and O–H groups in total. The number of benzene rings is 2. The Morgan fingerprint density at radius 1 is 0.800 bits per heavy atom. The zero-order valence-corrected chi connectivity index (χ0v) is 22.5. The fourth-order valence-corrected chi connectivity index (χ4v) is 6.05. The summed E-state index contributed by atoms with van der Waals surface area (Å²) in [5.74, 6) is 0.220. The van der Waals surface area contributed by atoms with Crippen LogP contribution in [0, 0.1) is 0 Å². The van der Waals surface area contributed by atoms with Crippen molar-refractivity contribution in [3.63, 3.8) is 0 Å². The Morgan fingerprint density at radius 3 is 2.05 bits per heavy atom. The molecule has 2 amide bonds. The summed E-state index contributed by atoms with van der Waals surface area (Å²) in [4.78, 5) is 33.6. The molecule has 40 heavy (non-hydrogen) atoms. The number of sulfone groups is 1. The van der Waals surface area contributed by atoms with Gasteiger partial charge in [-0.15, -0.1) is 5.10 Å². The van der Waals surface area contributed by atoms with E-state index in [1.807, 2.05) is 42.6 Å². The average Bonchev–Trinajstić information content (AvgIpc) is 3.40. The first kappa shape index (κ1) is 26.0. The number of anilines is 2. The second kappa shape index (κ2) is 10.7. The van der Waals surface area contributed by atoms with E-state index in [4.69, 9.17) is 4.74 Å². The summed E-state index contributed by atoms with van der Waals surface area (Å²) >= 11 is 0. The largest absolute Gasteiger partial charge is 0.378 e. The summed E-state index contributed by atoms with van der Waals surface area (Å²) in [5, 5.41) is 7.74. The molecule has 2 fully saturated rings. The lowest BCUT2D eigenvalue weighted by Gasteiger charge is -2.26. The molecular weight excluding hydrogens is 532 g/mol. The van der Waals surface area contributed by atoms with E-state index in [9.17, 15) is 18.0 Å². The van der Waals surface area contributed by atoms with E-state index in [0.717, 1.165) is 16.8 Å². The van der Waals surface area contributed by atoms with Crippen molar-refractivity contribution in [3.8, 4) is 11.1 Å². The zero-order valence-electron chi connectivity index (χ0n) is 21.7. The smallest absolute Gasteiger partial charge is 0.254 e. The number of rotatable bonds is 5. The monoisotopic (exact) mass is 560 g/mol. The third kappa shape index (κ3) is 5.40. The number of amides is 2. The number of nitrogens with one attached hydrogen (secondary N) is 1. The number of aromatic nitrogens is 3. The van der Waals surface area contributed by atoms with Crippen molar-refractivity contribution in [2.45, 2.75) is 0 Å². The van der Waals surface area contributed by atoms with Gasteiger partial charge in [-0.1, -0.05) is 12.1 Å². The van der Waals surface area contributed by atoms with Gasteiger partial charge in [0, 0.05) is 54.8 Å². The topological polar surface area (TPSA) is 126 Å². The number of fused-ring (bicyclic) bond motifs is 1. The molecule has 0 unspecified atom stereocenters. The van der Waals surface area contributed by atoms with E-state index in [2.05, 4.69) is 15.4 Å². The van der Waals surface area contributed by atoms with Crippen LogP contribution < -0.4 is 5.32 Å². The first-order valence-electron chi connectivity index (χ1n) is 13.1. The highest BCUT2D eigenvalue weighted by molar-refractivity contribution is 7.91.